The van der Waals surface area contributed by atoms with E-state index in [1.807, 2.05) is 19.1 Å². The van der Waals surface area contributed by atoms with E-state index in [4.69, 9.17) is 9.47 Å². The van der Waals surface area contributed by atoms with Gasteiger partial charge in [0.15, 0.2) is 6.73 Å². The Balaban J connectivity index is 1.69. The molecule has 0 radical (unpaired) electrons. The van der Waals surface area contributed by atoms with Crippen LogP contribution in [0.1, 0.15) is 6.92 Å². The lowest BCUT2D eigenvalue weighted by Gasteiger charge is -2.33. The molecule has 8 heteroatoms. The minimum atomic E-state index is -0.367. The van der Waals surface area contributed by atoms with Crippen LogP contribution in [0, 0.1) is 0 Å². The van der Waals surface area contributed by atoms with Crippen LogP contribution in [-0.4, -0.2) is 68.6 Å². The van der Waals surface area contributed by atoms with Gasteiger partial charge in [-0.3, -0.25) is 0 Å². The summed E-state index contributed by atoms with van der Waals surface area (Å²) in [5.41, 5.74) is 0. The Kier molecular flexibility index (Phi) is 6.53. The van der Waals surface area contributed by atoms with Crippen molar-refractivity contribution in [3.63, 3.8) is 0 Å². The van der Waals surface area contributed by atoms with Crippen molar-refractivity contribution in [3.05, 3.63) is 24.3 Å². The van der Waals surface area contributed by atoms with Gasteiger partial charge in [0, 0.05) is 26.2 Å². The maximum atomic E-state index is 12.1. The second-order valence-corrected chi connectivity index (χ2v) is 5.12. The van der Waals surface area contributed by atoms with Gasteiger partial charge in [-0.2, -0.15) is 0 Å². The molecular formula is C16H23N3O5. The van der Waals surface area contributed by atoms with Crippen molar-refractivity contribution in [2.75, 3.05) is 46.6 Å². The monoisotopic (exact) mass is 337 g/mol. The first-order chi connectivity index (χ1) is 11.6. The van der Waals surface area contributed by atoms with Gasteiger partial charge in [0.25, 0.3) is 0 Å². The normalized spacial score (nSPS) is 14.1. The molecule has 0 spiro atoms. The summed E-state index contributed by atoms with van der Waals surface area (Å²) in [6, 6.07) is 6.98. The smallest absolute Gasteiger partial charge is 0.409 e. The number of carbonyl (C=O) groups excluding carboxylic acids is 2. The standard InChI is InChI=1S/C16H23N3O5/c1-3-23-13-4-6-14(7-5-13)24-12-17-15(20)18-8-10-19(11-9-18)16(21)22-2/h4-7H,3,8-12H2,1-2H3,(H,17,20). The summed E-state index contributed by atoms with van der Waals surface area (Å²) >= 11 is 0. The van der Waals surface area contributed by atoms with Crippen molar-refractivity contribution < 1.29 is 23.8 Å². The minimum Gasteiger partial charge on any atom is -0.494 e. The number of nitrogens with zero attached hydrogens (tertiary/aromatic N) is 2. The van der Waals surface area contributed by atoms with E-state index in [-0.39, 0.29) is 18.9 Å². The number of piperazine rings is 1. The lowest BCUT2D eigenvalue weighted by molar-refractivity contribution is 0.0958. The van der Waals surface area contributed by atoms with Gasteiger partial charge in [0.1, 0.15) is 11.5 Å². The fourth-order valence-electron chi connectivity index (χ4n) is 2.31. The molecule has 0 unspecified atom stereocenters. The van der Waals surface area contributed by atoms with Gasteiger partial charge in [-0.1, -0.05) is 0 Å². The molecule has 1 fully saturated rings. The average molecular weight is 337 g/mol. The van der Waals surface area contributed by atoms with Crippen molar-refractivity contribution in [2.45, 2.75) is 6.92 Å². The third-order valence-electron chi connectivity index (χ3n) is 3.60. The lowest BCUT2D eigenvalue weighted by atomic mass is 10.3. The number of ether oxygens (including phenoxy) is 3. The zero-order chi connectivity index (χ0) is 17.4. The lowest BCUT2D eigenvalue weighted by Crippen LogP contribution is -2.53. The van der Waals surface area contributed by atoms with E-state index in [2.05, 4.69) is 10.1 Å². The van der Waals surface area contributed by atoms with Crippen LogP contribution in [-0.2, 0) is 4.74 Å². The summed E-state index contributed by atoms with van der Waals surface area (Å²) in [4.78, 5) is 26.7. The first kappa shape index (κ1) is 17.7. The Hall–Kier alpha value is -2.64. The second kappa shape index (κ2) is 8.85. The highest BCUT2D eigenvalue weighted by atomic mass is 16.5. The summed E-state index contributed by atoms with van der Waals surface area (Å²) in [6.45, 7) is 4.45. The summed E-state index contributed by atoms with van der Waals surface area (Å²) in [5, 5.41) is 2.70. The van der Waals surface area contributed by atoms with Crippen molar-refractivity contribution in [1.29, 1.82) is 0 Å². The molecule has 1 saturated heterocycles. The van der Waals surface area contributed by atoms with E-state index in [9.17, 15) is 9.59 Å². The number of hydrogen-bond donors (Lipinski definition) is 1. The van der Waals surface area contributed by atoms with E-state index in [1.165, 1.54) is 7.11 Å². The molecule has 1 aliphatic heterocycles. The van der Waals surface area contributed by atoms with Crippen molar-refractivity contribution in [1.82, 2.24) is 15.1 Å². The van der Waals surface area contributed by atoms with Crippen molar-refractivity contribution >= 4 is 12.1 Å². The molecule has 1 heterocycles. The topological polar surface area (TPSA) is 80.3 Å². The molecule has 0 saturated carbocycles. The number of benzene rings is 1. The average Bonchev–Trinajstić information content (AvgIpc) is 2.63. The Labute approximate surface area is 141 Å². The van der Waals surface area contributed by atoms with E-state index in [1.54, 1.807) is 21.9 Å². The number of rotatable bonds is 5. The first-order valence-electron chi connectivity index (χ1n) is 7.85. The molecule has 0 atom stereocenters. The highest BCUT2D eigenvalue weighted by Crippen LogP contribution is 2.17. The number of carbonyl (C=O) groups is 2. The summed E-state index contributed by atoms with van der Waals surface area (Å²) in [7, 11) is 1.35. The van der Waals surface area contributed by atoms with Crippen LogP contribution < -0.4 is 14.8 Å². The highest BCUT2D eigenvalue weighted by molar-refractivity contribution is 5.74. The molecule has 1 aliphatic rings. The van der Waals surface area contributed by atoms with Gasteiger partial charge >= 0.3 is 12.1 Å². The van der Waals surface area contributed by atoms with Crippen LogP contribution in [0.3, 0.4) is 0 Å². The molecule has 3 amide bonds. The maximum absolute atomic E-state index is 12.1. The van der Waals surface area contributed by atoms with Gasteiger partial charge in [-0.15, -0.1) is 0 Å². The number of urea groups is 1. The van der Waals surface area contributed by atoms with Crippen LogP contribution in [0.4, 0.5) is 9.59 Å². The van der Waals surface area contributed by atoms with Crippen LogP contribution in [0.15, 0.2) is 24.3 Å². The summed E-state index contributed by atoms with van der Waals surface area (Å²) in [6.07, 6.45) is -0.367. The molecule has 132 valence electrons. The predicted octanol–water partition coefficient (Wildman–Crippen LogP) is 1.52. The molecule has 1 aromatic rings. The minimum absolute atomic E-state index is 0.0734. The van der Waals surface area contributed by atoms with Crippen molar-refractivity contribution in [2.24, 2.45) is 0 Å². The third-order valence-corrected chi connectivity index (χ3v) is 3.60. The number of amides is 3. The number of nitrogens with one attached hydrogen (secondary N) is 1. The Bertz CT molecular complexity index is 541. The second-order valence-electron chi connectivity index (χ2n) is 5.12. The molecular weight excluding hydrogens is 314 g/mol. The van der Waals surface area contributed by atoms with E-state index < -0.39 is 0 Å². The molecule has 2 rings (SSSR count). The molecule has 24 heavy (non-hydrogen) atoms. The van der Waals surface area contributed by atoms with Crippen LogP contribution in [0.5, 0.6) is 11.5 Å². The zero-order valence-corrected chi connectivity index (χ0v) is 14.0. The van der Waals surface area contributed by atoms with Gasteiger partial charge in [-0.05, 0) is 31.2 Å². The largest absolute Gasteiger partial charge is 0.494 e. The summed E-state index contributed by atoms with van der Waals surface area (Å²) < 4.78 is 15.5. The van der Waals surface area contributed by atoms with E-state index in [0.29, 0.717) is 38.5 Å². The maximum Gasteiger partial charge on any atom is 0.409 e. The molecule has 1 N–H and O–H groups in total. The fourth-order valence-corrected chi connectivity index (χ4v) is 2.31. The predicted molar refractivity (Wildman–Crippen MR) is 87.2 cm³/mol. The number of hydrogen-bond acceptors (Lipinski definition) is 5. The van der Waals surface area contributed by atoms with Crippen LogP contribution in [0.25, 0.3) is 0 Å². The third kappa shape index (κ3) is 4.94. The van der Waals surface area contributed by atoms with Crippen LogP contribution >= 0.6 is 0 Å². The quantitative estimate of drug-likeness (QED) is 0.824. The van der Waals surface area contributed by atoms with Gasteiger partial charge < -0.3 is 29.3 Å². The van der Waals surface area contributed by atoms with E-state index >= 15 is 0 Å². The van der Waals surface area contributed by atoms with E-state index in [0.717, 1.165) is 5.75 Å². The molecule has 0 aliphatic carbocycles. The first-order valence-corrected chi connectivity index (χ1v) is 7.85. The molecule has 1 aromatic carbocycles. The van der Waals surface area contributed by atoms with Crippen LogP contribution in [0.2, 0.25) is 0 Å². The number of methoxy groups -OCH3 is 1. The Morgan fingerprint density at radius 2 is 1.54 bits per heavy atom. The Morgan fingerprint density at radius 1 is 1.00 bits per heavy atom. The van der Waals surface area contributed by atoms with Gasteiger partial charge in [0.2, 0.25) is 0 Å². The van der Waals surface area contributed by atoms with Gasteiger partial charge in [-0.25, -0.2) is 9.59 Å². The molecule has 0 aromatic heterocycles. The molecule has 8 nitrogen and oxygen atoms in total. The van der Waals surface area contributed by atoms with Crippen molar-refractivity contribution in [3.8, 4) is 11.5 Å². The fraction of sp³-hybridized carbons (Fsp3) is 0.500. The van der Waals surface area contributed by atoms with Gasteiger partial charge in [0.05, 0.1) is 13.7 Å². The SMILES string of the molecule is CCOc1ccc(OCNC(=O)N2CCN(C(=O)OC)CC2)cc1. The Morgan fingerprint density at radius 3 is 2.08 bits per heavy atom. The zero-order valence-electron chi connectivity index (χ0n) is 14.0. The molecule has 0 bridgehead atoms. The highest BCUT2D eigenvalue weighted by Gasteiger charge is 2.24. The summed E-state index contributed by atoms with van der Waals surface area (Å²) in [5.74, 6) is 1.42.